The molecule has 0 bridgehead atoms. The Balaban J connectivity index is 2.30. The smallest absolute Gasteiger partial charge is 0.254 e. The highest BCUT2D eigenvalue weighted by molar-refractivity contribution is 7.89. The molecular weight excluding hydrogens is 336 g/mol. The van der Waals surface area contributed by atoms with Crippen LogP contribution in [0.25, 0.3) is 0 Å². The van der Waals surface area contributed by atoms with Crippen molar-refractivity contribution in [3.05, 3.63) is 29.8 Å². The van der Waals surface area contributed by atoms with Crippen LogP contribution in [-0.2, 0) is 10.0 Å². The van der Waals surface area contributed by atoms with Gasteiger partial charge in [-0.15, -0.1) is 0 Å². The van der Waals surface area contributed by atoms with E-state index in [0.29, 0.717) is 31.1 Å². The first-order chi connectivity index (χ1) is 11.8. The van der Waals surface area contributed by atoms with Crippen LogP contribution in [0.2, 0.25) is 0 Å². The number of nitrogens with zero attached hydrogens (tertiary/aromatic N) is 2. The topological polar surface area (TPSA) is 57.7 Å². The Morgan fingerprint density at radius 3 is 2.36 bits per heavy atom. The lowest BCUT2D eigenvalue weighted by Gasteiger charge is -2.31. The molecule has 1 saturated heterocycles. The summed E-state index contributed by atoms with van der Waals surface area (Å²) in [5, 5.41) is 0. The molecule has 0 N–H and O–H groups in total. The van der Waals surface area contributed by atoms with Crippen LogP contribution in [0, 0.1) is 5.92 Å². The molecule has 25 heavy (non-hydrogen) atoms. The van der Waals surface area contributed by atoms with E-state index in [0.717, 1.165) is 19.3 Å². The van der Waals surface area contributed by atoms with Crippen LogP contribution in [0.1, 0.15) is 57.3 Å². The van der Waals surface area contributed by atoms with Crippen LogP contribution < -0.4 is 0 Å². The van der Waals surface area contributed by atoms with Crippen LogP contribution in [0.4, 0.5) is 0 Å². The van der Waals surface area contributed by atoms with E-state index in [9.17, 15) is 13.2 Å². The van der Waals surface area contributed by atoms with Crippen LogP contribution in [-0.4, -0.2) is 49.2 Å². The van der Waals surface area contributed by atoms with Gasteiger partial charge in [0.05, 0.1) is 4.90 Å². The molecule has 1 aromatic rings. The Morgan fingerprint density at radius 1 is 1.16 bits per heavy atom. The second kappa shape index (κ2) is 8.32. The van der Waals surface area contributed by atoms with Crippen molar-refractivity contribution in [1.82, 2.24) is 9.21 Å². The molecule has 1 amide bonds. The summed E-state index contributed by atoms with van der Waals surface area (Å²) in [6.45, 7) is 9.86. The lowest BCUT2D eigenvalue weighted by molar-refractivity contribution is 0.0660. The van der Waals surface area contributed by atoms with Crippen molar-refractivity contribution in [2.24, 2.45) is 5.92 Å². The summed E-state index contributed by atoms with van der Waals surface area (Å²) in [6.07, 6.45) is 2.86. The van der Waals surface area contributed by atoms with Gasteiger partial charge < -0.3 is 4.90 Å². The van der Waals surface area contributed by atoms with E-state index in [1.54, 1.807) is 23.1 Å². The number of hydrogen-bond donors (Lipinski definition) is 0. The summed E-state index contributed by atoms with van der Waals surface area (Å²) in [6, 6.07) is 6.58. The summed E-state index contributed by atoms with van der Waals surface area (Å²) < 4.78 is 27.2. The van der Waals surface area contributed by atoms with Crippen molar-refractivity contribution >= 4 is 15.9 Å². The fourth-order valence-electron chi connectivity index (χ4n) is 3.19. The number of amides is 1. The molecule has 0 aliphatic carbocycles. The number of benzene rings is 1. The van der Waals surface area contributed by atoms with Crippen LogP contribution in [0.3, 0.4) is 0 Å². The average Bonchev–Trinajstić information content (AvgIpc) is 2.62. The Kier molecular flexibility index (Phi) is 6.63. The zero-order valence-electron chi connectivity index (χ0n) is 15.7. The lowest BCUT2D eigenvalue weighted by atomic mass is 10.0. The molecule has 6 heteroatoms. The first-order valence-corrected chi connectivity index (χ1v) is 10.6. The number of sulfonamides is 1. The molecule has 1 aliphatic rings. The fraction of sp³-hybridized carbons (Fsp3) is 0.632. The molecule has 140 valence electrons. The van der Waals surface area contributed by atoms with Crippen molar-refractivity contribution in [1.29, 1.82) is 0 Å². The van der Waals surface area contributed by atoms with Gasteiger partial charge in [-0.1, -0.05) is 26.3 Å². The van der Waals surface area contributed by atoms with Crippen LogP contribution in [0.15, 0.2) is 29.2 Å². The summed E-state index contributed by atoms with van der Waals surface area (Å²) in [5.41, 5.74) is 0.437. The normalized spacial score (nSPS) is 17.5. The third-order valence-electron chi connectivity index (χ3n) is 5.09. The third-order valence-corrected chi connectivity index (χ3v) is 6.99. The minimum absolute atomic E-state index is 0.0971. The first-order valence-electron chi connectivity index (χ1n) is 9.20. The molecule has 0 radical (unpaired) electrons. The second-order valence-corrected chi connectivity index (χ2v) is 9.01. The van der Waals surface area contributed by atoms with E-state index in [1.807, 2.05) is 13.8 Å². The number of piperidine rings is 1. The summed E-state index contributed by atoms with van der Waals surface area (Å²) in [7, 11) is -3.52. The molecule has 0 spiro atoms. The minimum atomic E-state index is -3.52. The van der Waals surface area contributed by atoms with E-state index in [4.69, 9.17) is 0 Å². The van der Waals surface area contributed by atoms with Crippen molar-refractivity contribution in [2.45, 2.75) is 57.9 Å². The van der Waals surface area contributed by atoms with Crippen molar-refractivity contribution < 1.29 is 13.2 Å². The number of hydrogen-bond acceptors (Lipinski definition) is 3. The molecule has 1 fully saturated rings. The summed E-state index contributed by atoms with van der Waals surface area (Å²) in [5.74, 6) is 0.226. The largest absolute Gasteiger partial charge is 0.336 e. The Hall–Kier alpha value is -1.40. The van der Waals surface area contributed by atoms with E-state index in [2.05, 4.69) is 13.8 Å². The number of rotatable bonds is 6. The maximum atomic E-state index is 12.9. The highest BCUT2D eigenvalue weighted by atomic mass is 32.2. The predicted molar refractivity (Wildman–Crippen MR) is 100 cm³/mol. The van der Waals surface area contributed by atoms with E-state index >= 15 is 0 Å². The van der Waals surface area contributed by atoms with Gasteiger partial charge in [0.1, 0.15) is 0 Å². The van der Waals surface area contributed by atoms with Crippen LogP contribution in [0.5, 0.6) is 0 Å². The predicted octanol–water partition coefficient (Wildman–Crippen LogP) is 3.37. The summed E-state index contributed by atoms with van der Waals surface area (Å²) in [4.78, 5) is 14.9. The molecule has 0 aromatic heterocycles. The first kappa shape index (κ1) is 19.9. The zero-order valence-corrected chi connectivity index (χ0v) is 16.6. The maximum absolute atomic E-state index is 12.9. The minimum Gasteiger partial charge on any atom is -0.336 e. The standard InChI is InChI=1S/C19H30N2O3S/c1-5-21(16(4)15(2)3)19(22)17-10-9-11-18(14-17)25(23,24)20-12-7-6-8-13-20/h9-11,14-16H,5-8,12-13H2,1-4H3. The van der Waals surface area contributed by atoms with E-state index < -0.39 is 10.0 Å². The van der Waals surface area contributed by atoms with Gasteiger partial charge in [-0.3, -0.25) is 4.79 Å². The lowest BCUT2D eigenvalue weighted by Crippen LogP contribution is -2.41. The van der Waals surface area contributed by atoms with Gasteiger partial charge in [0.15, 0.2) is 0 Å². The zero-order chi connectivity index (χ0) is 18.6. The highest BCUT2D eigenvalue weighted by Gasteiger charge is 2.28. The van der Waals surface area contributed by atoms with Crippen LogP contribution >= 0.6 is 0 Å². The van der Waals surface area contributed by atoms with Crippen molar-refractivity contribution in [2.75, 3.05) is 19.6 Å². The van der Waals surface area contributed by atoms with E-state index in [1.165, 1.54) is 10.4 Å². The van der Waals surface area contributed by atoms with Crippen molar-refractivity contribution in [3.63, 3.8) is 0 Å². The molecule has 1 aromatic carbocycles. The summed E-state index contributed by atoms with van der Waals surface area (Å²) >= 11 is 0. The fourth-order valence-corrected chi connectivity index (χ4v) is 4.75. The van der Waals surface area contributed by atoms with E-state index in [-0.39, 0.29) is 16.8 Å². The van der Waals surface area contributed by atoms with Crippen molar-refractivity contribution in [3.8, 4) is 0 Å². The molecule has 1 heterocycles. The van der Waals surface area contributed by atoms with Gasteiger partial charge in [0.25, 0.3) is 5.91 Å². The molecule has 2 rings (SSSR count). The molecule has 1 atom stereocenters. The van der Waals surface area contributed by atoms with Gasteiger partial charge in [0.2, 0.25) is 10.0 Å². The number of carbonyl (C=O) groups is 1. The Morgan fingerprint density at radius 2 is 1.80 bits per heavy atom. The Bertz CT molecular complexity index is 694. The molecule has 1 aliphatic heterocycles. The number of carbonyl (C=O) groups excluding carboxylic acids is 1. The van der Waals surface area contributed by atoms with Gasteiger partial charge in [0, 0.05) is 31.2 Å². The van der Waals surface area contributed by atoms with Gasteiger partial charge >= 0.3 is 0 Å². The maximum Gasteiger partial charge on any atom is 0.254 e. The Labute approximate surface area is 152 Å². The molecule has 0 saturated carbocycles. The quantitative estimate of drug-likeness (QED) is 0.776. The molecule has 5 nitrogen and oxygen atoms in total. The second-order valence-electron chi connectivity index (χ2n) is 7.07. The van der Waals surface area contributed by atoms with Gasteiger partial charge in [-0.25, -0.2) is 8.42 Å². The third kappa shape index (κ3) is 4.42. The average molecular weight is 367 g/mol. The SMILES string of the molecule is CCN(C(=O)c1cccc(S(=O)(=O)N2CCCCC2)c1)C(C)C(C)C. The van der Waals surface area contributed by atoms with Gasteiger partial charge in [-0.05, 0) is 50.8 Å². The molecular formula is C19H30N2O3S. The molecule has 1 unspecified atom stereocenters. The monoisotopic (exact) mass is 366 g/mol. The highest BCUT2D eigenvalue weighted by Crippen LogP contribution is 2.22. The van der Waals surface area contributed by atoms with Gasteiger partial charge in [-0.2, -0.15) is 4.31 Å².